The van der Waals surface area contributed by atoms with E-state index in [0.717, 1.165) is 6.42 Å². The van der Waals surface area contributed by atoms with Crippen LogP contribution in [0.1, 0.15) is 30.8 Å². The van der Waals surface area contributed by atoms with E-state index >= 15 is 0 Å². The summed E-state index contributed by atoms with van der Waals surface area (Å²) in [7, 11) is 3.15. The van der Waals surface area contributed by atoms with Crippen LogP contribution < -0.4 is 20.1 Å². The standard InChI is InChI=1S/C22H29N5O4/c1-5-26(21(28)17-9-7-12-31-17)10-8-11-27(6-2)22-24-16-14-19(30-4)18(29-3)13-15(16)20(23)25-22/h7,9,12-14H,5-6,8,10-11H2,1-4H3,(H2,23,24,25). The number of nitrogen functional groups attached to an aromatic ring is 1. The minimum atomic E-state index is -0.109. The number of rotatable bonds is 10. The molecule has 0 atom stereocenters. The van der Waals surface area contributed by atoms with Crippen LogP contribution >= 0.6 is 0 Å². The minimum Gasteiger partial charge on any atom is -0.493 e. The zero-order valence-corrected chi connectivity index (χ0v) is 18.4. The maximum Gasteiger partial charge on any atom is 0.289 e. The average Bonchev–Trinajstić information content (AvgIpc) is 3.33. The Balaban J connectivity index is 1.74. The SMILES string of the molecule is CCN(CCCN(CC)c1nc(N)c2cc(OC)c(OC)cc2n1)C(=O)c1ccco1. The number of nitrogens with zero attached hydrogens (tertiary/aromatic N) is 4. The number of anilines is 2. The van der Waals surface area contributed by atoms with Crippen molar-refractivity contribution < 1.29 is 18.7 Å². The molecule has 0 unspecified atom stereocenters. The third-order valence-electron chi connectivity index (χ3n) is 5.14. The Hall–Kier alpha value is -3.49. The van der Waals surface area contributed by atoms with Gasteiger partial charge in [0.05, 0.1) is 26.0 Å². The first-order valence-corrected chi connectivity index (χ1v) is 10.3. The van der Waals surface area contributed by atoms with Gasteiger partial charge in [-0.05, 0) is 38.5 Å². The summed E-state index contributed by atoms with van der Waals surface area (Å²) in [5, 5.41) is 0.707. The maximum atomic E-state index is 12.5. The Morgan fingerprint density at radius 3 is 2.45 bits per heavy atom. The largest absolute Gasteiger partial charge is 0.493 e. The molecule has 1 amide bonds. The van der Waals surface area contributed by atoms with Crippen LogP contribution in [0, 0.1) is 0 Å². The summed E-state index contributed by atoms with van der Waals surface area (Å²) in [6.45, 7) is 6.57. The van der Waals surface area contributed by atoms with Gasteiger partial charge in [-0.15, -0.1) is 0 Å². The first-order valence-electron chi connectivity index (χ1n) is 10.3. The van der Waals surface area contributed by atoms with E-state index in [4.69, 9.17) is 19.6 Å². The first-order chi connectivity index (χ1) is 15.0. The van der Waals surface area contributed by atoms with E-state index in [2.05, 4.69) is 9.97 Å². The number of fused-ring (bicyclic) bond motifs is 1. The molecular formula is C22H29N5O4. The van der Waals surface area contributed by atoms with E-state index in [9.17, 15) is 4.79 Å². The van der Waals surface area contributed by atoms with E-state index in [0.29, 0.717) is 66.1 Å². The first kappa shape index (κ1) is 22.2. The van der Waals surface area contributed by atoms with Gasteiger partial charge in [0, 0.05) is 37.6 Å². The van der Waals surface area contributed by atoms with Crippen LogP contribution in [0.2, 0.25) is 0 Å². The summed E-state index contributed by atoms with van der Waals surface area (Å²) in [4.78, 5) is 25.5. The number of hydrogen-bond donors (Lipinski definition) is 1. The van der Waals surface area contributed by atoms with Crippen molar-refractivity contribution in [3.05, 3.63) is 36.3 Å². The highest BCUT2D eigenvalue weighted by atomic mass is 16.5. The number of aromatic nitrogens is 2. The smallest absolute Gasteiger partial charge is 0.289 e. The predicted octanol–water partition coefficient (Wildman–Crippen LogP) is 3.20. The van der Waals surface area contributed by atoms with Gasteiger partial charge in [-0.25, -0.2) is 4.98 Å². The van der Waals surface area contributed by atoms with Crippen LogP contribution in [0.25, 0.3) is 10.9 Å². The number of benzene rings is 1. The molecular weight excluding hydrogens is 398 g/mol. The van der Waals surface area contributed by atoms with Crippen molar-refractivity contribution in [2.75, 3.05) is 51.0 Å². The monoisotopic (exact) mass is 427 g/mol. The van der Waals surface area contributed by atoms with Gasteiger partial charge in [0.15, 0.2) is 17.3 Å². The Kier molecular flexibility index (Phi) is 7.17. The number of hydrogen-bond acceptors (Lipinski definition) is 8. The Bertz CT molecular complexity index is 1020. The van der Waals surface area contributed by atoms with Gasteiger partial charge in [0.25, 0.3) is 5.91 Å². The molecule has 2 N–H and O–H groups in total. The number of carbonyl (C=O) groups is 1. The molecule has 166 valence electrons. The molecule has 2 aromatic heterocycles. The summed E-state index contributed by atoms with van der Waals surface area (Å²) in [5.41, 5.74) is 6.90. The Morgan fingerprint density at radius 2 is 1.84 bits per heavy atom. The topological polar surface area (TPSA) is 107 Å². The zero-order valence-electron chi connectivity index (χ0n) is 18.4. The Morgan fingerprint density at radius 1 is 1.10 bits per heavy atom. The molecule has 0 aliphatic heterocycles. The quantitative estimate of drug-likeness (QED) is 0.526. The lowest BCUT2D eigenvalue weighted by Gasteiger charge is -2.24. The van der Waals surface area contributed by atoms with Crippen LogP contribution in [0.3, 0.4) is 0 Å². The second-order valence-corrected chi connectivity index (χ2v) is 6.93. The molecule has 0 fully saturated rings. The van der Waals surface area contributed by atoms with E-state index in [1.54, 1.807) is 43.4 Å². The van der Waals surface area contributed by atoms with Gasteiger partial charge in [0.2, 0.25) is 5.95 Å². The van der Waals surface area contributed by atoms with Crippen molar-refractivity contribution >= 4 is 28.6 Å². The normalized spacial score (nSPS) is 10.8. The lowest BCUT2D eigenvalue weighted by Crippen LogP contribution is -2.34. The van der Waals surface area contributed by atoms with Gasteiger partial charge in [0.1, 0.15) is 5.82 Å². The fraction of sp³-hybridized carbons (Fsp3) is 0.409. The third-order valence-corrected chi connectivity index (χ3v) is 5.14. The fourth-order valence-corrected chi connectivity index (χ4v) is 3.42. The molecule has 0 aliphatic carbocycles. The van der Waals surface area contributed by atoms with Crippen molar-refractivity contribution in [1.29, 1.82) is 0 Å². The molecule has 0 saturated carbocycles. The molecule has 0 bridgehead atoms. The second-order valence-electron chi connectivity index (χ2n) is 6.93. The lowest BCUT2D eigenvalue weighted by molar-refractivity contribution is 0.0731. The van der Waals surface area contributed by atoms with Crippen molar-refractivity contribution in [2.45, 2.75) is 20.3 Å². The summed E-state index contributed by atoms with van der Waals surface area (Å²) in [6, 6.07) is 6.97. The fourth-order valence-electron chi connectivity index (χ4n) is 3.42. The summed E-state index contributed by atoms with van der Waals surface area (Å²) >= 11 is 0. The van der Waals surface area contributed by atoms with Gasteiger partial charge in [-0.3, -0.25) is 4.79 Å². The molecule has 9 nitrogen and oxygen atoms in total. The molecule has 0 spiro atoms. The molecule has 2 heterocycles. The highest BCUT2D eigenvalue weighted by Crippen LogP contribution is 2.34. The van der Waals surface area contributed by atoms with Gasteiger partial charge >= 0.3 is 0 Å². The van der Waals surface area contributed by atoms with Gasteiger partial charge in [-0.1, -0.05) is 0 Å². The molecule has 0 aliphatic rings. The van der Waals surface area contributed by atoms with E-state index in [1.165, 1.54) is 6.26 Å². The maximum absolute atomic E-state index is 12.5. The van der Waals surface area contributed by atoms with Crippen molar-refractivity contribution in [2.24, 2.45) is 0 Å². The molecule has 0 radical (unpaired) electrons. The summed E-state index contributed by atoms with van der Waals surface area (Å²) in [6.07, 6.45) is 2.26. The molecule has 3 aromatic rings. The second kappa shape index (κ2) is 10.0. The lowest BCUT2D eigenvalue weighted by atomic mass is 10.2. The van der Waals surface area contributed by atoms with Crippen LogP contribution in [-0.2, 0) is 0 Å². The number of methoxy groups -OCH3 is 2. The van der Waals surface area contributed by atoms with Crippen LogP contribution in [0.4, 0.5) is 11.8 Å². The molecule has 1 aromatic carbocycles. The third kappa shape index (κ3) is 4.82. The minimum absolute atomic E-state index is 0.109. The average molecular weight is 428 g/mol. The van der Waals surface area contributed by atoms with Crippen LogP contribution in [0.5, 0.6) is 11.5 Å². The van der Waals surface area contributed by atoms with E-state index in [-0.39, 0.29) is 5.91 Å². The highest BCUT2D eigenvalue weighted by Gasteiger charge is 2.18. The highest BCUT2D eigenvalue weighted by molar-refractivity contribution is 5.92. The summed E-state index contributed by atoms with van der Waals surface area (Å²) < 4.78 is 16.0. The zero-order chi connectivity index (χ0) is 22.4. The number of amides is 1. The van der Waals surface area contributed by atoms with E-state index < -0.39 is 0 Å². The van der Waals surface area contributed by atoms with Gasteiger partial charge < -0.3 is 29.4 Å². The predicted molar refractivity (Wildman–Crippen MR) is 120 cm³/mol. The van der Waals surface area contributed by atoms with Crippen LogP contribution in [-0.4, -0.2) is 61.2 Å². The molecule has 3 rings (SSSR count). The molecule has 0 saturated heterocycles. The number of carbonyl (C=O) groups excluding carboxylic acids is 1. The number of nitrogens with two attached hydrogens (primary N) is 1. The van der Waals surface area contributed by atoms with Crippen LogP contribution in [0.15, 0.2) is 34.9 Å². The molecule has 31 heavy (non-hydrogen) atoms. The summed E-state index contributed by atoms with van der Waals surface area (Å²) in [5.74, 6) is 2.32. The Labute approximate surface area is 181 Å². The van der Waals surface area contributed by atoms with Crippen molar-refractivity contribution in [3.63, 3.8) is 0 Å². The van der Waals surface area contributed by atoms with E-state index in [1.807, 2.05) is 18.7 Å². The molecule has 9 heteroatoms. The van der Waals surface area contributed by atoms with Crippen molar-refractivity contribution in [3.8, 4) is 11.5 Å². The number of furan rings is 1. The van der Waals surface area contributed by atoms with Gasteiger partial charge in [-0.2, -0.15) is 4.98 Å². The number of ether oxygens (including phenoxy) is 2. The van der Waals surface area contributed by atoms with Crippen molar-refractivity contribution in [1.82, 2.24) is 14.9 Å².